The largest absolute Gasteiger partial charge is 0.337 e. The molecule has 1 aromatic carbocycles. The molecule has 1 saturated heterocycles. The molecule has 3 nitrogen and oxygen atoms in total. The van der Waals surface area contributed by atoms with Gasteiger partial charge in [0.2, 0.25) is 5.91 Å². The van der Waals surface area contributed by atoms with Gasteiger partial charge in [0.1, 0.15) is 0 Å². The molecule has 19 heavy (non-hydrogen) atoms. The summed E-state index contributed by atoms with van der Waals surface area (Å²) in [6.45, 7) is 1.00. The number of hydrogen-bond donors (Lipinski definition) is 0. The smallest absolute Gasteiger partial charge is 0.240 e. The number of carbonyl (C=O) groups excluding carboxylic acids is 1. The number of rotatable bonds is 3. The van der Waals surface area contributed by atoms with E-state index in [1.54, 1.807) is 4.90 Å². The molecule has 2 rings (SSSR count). The summed E-state index contributed by atoms with van der Waals surface area (Å²) >= 11 is 0. The second-order valence-electron chi connectivity index (χ2n) is 5.13. The first-order valence-electron chi connectivity index (χ1n) is 6.38. The summed E-state index contributed by atoms with van der Waals surface area (Å²) in [5.41, 5.74) is 0.617. The highest BCUT2D eigenvalue weighted by Gasteiger charge is 2.30. The SMILES string of the molecule is CN(C)[C@H]1CCCN(Cc2ccc(F)c(F)c2)C1=O. The van der Waals surface area contributed by atoms with Gasteiger partial charge in [0.15, 0.2) is 11.6 Å². The first kappa shape index (κ1) is 13.9. The molecule has 0 spiro atoms. The minimum Gasteiger partial charge on any atom is -0.337 e. The number of carbonyl (C=O) groups is 1. The van der Waals surface area contributed by atoms with E-state index in [2.05, 4.69) is 0 Å². The lowest BCUT2D eigenvalue weighted by molar-refractivity contribution is -0.139. The van der Waals surface area contributed by atoms with Gasteiger partial charge in [0.25, 0.3) is 0 Å². The molecular weight excluding hydrogens is 250 g/mol. The minimum absolute atomic E-state index is 0.0565. The minimum atomic E-state index is -0.869. The highest BCUT2D eigenvalue weighted by molar-refractivity contribution is 5.82. The van der Waals surface area contributed by atoms with Crippen LogP contribution in [0.4, 0.5) is 8.78 Å². The van der Waals surface area contributed by atoms with Crippen LogP contribution in [0.15, 0.2) is 18.2 Å². The number of hydrogen-bond acceptors (Lipinski definition) is 2. The van der Waals surface area contributed by atoms with Crippen molar-refractivity contribution in [2.24, 2.45) is 0 Å². The fourth-order valence-electron chi connectivity index (χ4n) is 2.41. The number of piperidine rings is 1. The predicted molar refractivity (Wildman–Crippen MR) is 68.5 cm³/mol. The first-order valence-corrected chi connectivity index (χ1v) is 6.38. The molecule has 1 atom stereocenters. The lowest BCUT2D eigenvalue weighted by Gasteiger charge is -2.35. The number of amides is 1. The van der Waals surface area contributed by atoms with Gasteiger partial charge >= 0.3 is 0 Å². The van der Waals surface area contributed by atoms with Gasteiger partial charge in [-0.3, -0.25) is 9.69 Å². The highest BCUT2D eigenvalue weighted by Crippen LogP contribution is 2.18. The maximum atomic E-state index is 13.1. The van der Waals surface area contributed by atoms with E-state index in [9.17, 15) is 13.6 Å². The van der Waals surface area contributed by atoms with Crippen molar-refractivity contribution in [1.29, 1.82) is 0 Å². The molecule has 104 valence electrons. The van der Waals surface area contributed by atoms with Crippen LogP contribution in [0.5, 0.6) is 0 Å². The third-order valence-electron chi connectivity index (χ3n) is 3.48. The van der Waals surface area contributed by atoms with Crippen molar-refractivity contribution in [1.82, 2.24) is 9.80 Å². The maximum Gasteiger partial charge on any atom is 0.240 e. The van der Waals surface area contributed by atoms with Crippen LogP contribution in [0.2, 0.25) is 0 Å². The van der Waals surface area contributed by atoms with Crippen LogP contribution in [-0.4, -0.2) is 42.4 Å². The summed E-state index contributed by atoms with van der Waals surface area (Å²) in [4.78, 5) is 15.9. The van der Waals surface area contributed by atoms with E-state index < -0.39 is 11.6 Å². The van der Waals surface area contributed by atoms with Crippen molar-refractivity contribution in [3.8, 4) is 0 Å². The molecule has 0 aromatic heterocycles. The molecule has 0 radical (unpaired) electrons. The zero-order chi connectivity index (χ0) is 14.0. The molecule has 0 aliphatic carbocycles. The Bertz CT molecular complexity index is 477. The van der Waals surface area contributed by atoms with Gasteiger partial charge < -0.3 is 4.90 Å². The third-order valence-corrected chi connectivity index (χ3v) is 3.48. The van der Waals surface area contributed by atoms with E-state index in [4.69, 9.17) is 0 Å². The molecular formula is C14H18F2N2O. The summed E-state index contributed by atoms with van der Waals surface area (Å²) in [5.74, 6) is -1.67. The number of nitrogens with zero attached hydrogens (tertiary/aromatic N) is 2. The molecule has 1 heterocycles. The maximum absolute atomic E-state index is 13.1. The van der Waals surface area contributed by atoms with Gasteiger partial charge in [-0.05, 0) is 44.6 Å². The lowest BCUT2D eigenvalue weighted by atomic mass is 10.0. The fraction of sp³-hybridized carbons (Fsp3) is 0.500. The van der Waals surface area contributed by atoms with Crippen molar-refractivity contribution >= 4 is 5.91 Å². The Kier molecular flexibility index (Phi) is 4.14. The van der Waals surface area contributed by atoms with Crippen molar-refractivity contribution in [2.75, 3.05) is 20.6 Å². The highest BCUT2D eigenvalue weighted by atomic mass is 19.2. The Morgan fingerprint density at radius 1 is 1.32 bits per heavy atom. The lowest BCUT2D eigenvalue weighted by Crippen LogP contribution is -2.49. The monoisotopic (exact) mass is 268 g/mol. The van der Waals surface area contributed by atoms with Gasteiger partial charge in [-0.15, -0.1) is 0 Å². The van der Waals surface area contributed by atoms with Gasteiger partial charge in [0, 0.05) is 13.1 Å². The fourth-order valence-corrected chi connectivity index (χ4v) is 2.41. The van der Waals surface area contributed by atoms with E-state index in [-0.39, 0.29) is 11.9 Å². The van der Waals surface area contributed by atoms with Crippen LogP contribution < -0.4 is 0 Å². The van der Waals surface area contributed by atoms with Crippen molar-refractivity contribution < 1.29 is 13.6 Å². The van der Waals surface area contributed by atoms with Crippen molar-refractivity contribution in [3.05, 3.63) is 35.4 Å². The molecule has 5 heteroatoms. The molecule has 0 bridgehead atoms. The summed E-state index contributed by atoms with van der Waals surface area (Å²) < 4.78 is 26.0. The van der Waals surface area contributed by atoms with E-state index in [1.807, 2.05) is 19.0 Å². The van der Waals surface area contributed by atoms with Crippen LogP contribution in [0, 0.1) is 11.6 Å². The zero-order valence-corrected chi connectivity index (χ0v) is 11.2. The summed E-state index contributed by atoms with van der Waals surface area (Å²) in [6, 6.07) is 3.66. The average Bonchev–Trinajstić information content (AvgIpc) is 2.36. The average molecular weight is 268 g/mol. The van der Waals surface area contributed by atoms with Gasteiger partial charge in [-0.25, -0.2) is 8.78 Å². The van der Waals surface area contributed by atoms with E-state index in [0.29, 0.717) is 18.7 Å². The molecule has 0 N–H and O–H groups in total. The Balaban J connectivity index is 2.09. The number of benzene rings is 1. The Hall–Kier alpha value is -1.49. The van der Waals surface area contributed by atoms with Crippen molar-refractivity contribution in [3.63, 3.8) is 0 Å². The summed E-state index contributed by atoms with van der Waals surface area (Å²) in [6.07, 6.45) is 1.78. The number of likely N-dealkylation sites (N-methyl/N-ethyl adjacent to an activating group) is 1. The number of likely N-dealkylation sites (tertiary alicyclic amines) is 1. The summed E-state index contributed by atoms with van der Waals surface area (Å²) in [5, 5.41) is 0. The molecule has 1 fully saturated rings. The van der Waals surface area contributed by atoms with Gasteiger partial charge in [0.05, 0.1) is 6.04 Å². The standard InChI is InChI=1S/C14H18F2N2O/c1-17(2)13-4-3-7-18(14(13)19)9-10-5-6-11(15)12(16)8-10/h5-6,8,13H,3-4,7,9H2,1-2H3/t13-/m0/s1. The Morgan fingerprint density at radius 2 is 2.05 bits per heavy atom. The number of halogens is 2. The second kappa shape index (κ2) is 5.65. The van der Waals surface area contributed by atoms with Crippen LogP contribution in [-0.2, 0) is 11.3 Å². The molecule has 1 amide bonds. The van der Waals surface area contributed by atoms with Crippen LogP contribution in [0.25, 0.3) is 0 Å². The molecule has 1 aliphatic rings. The van der Waals surface area contributed by atoms with Gasteiger partial charge in [-0.2, -0.15) is 0 Å². The van der Waals surface area contributed by atoms with Gasteiger partial charge in [-0.1, -0.05) is 6.07 Å². The van der Waals surface area contributed by atoms with E-state index >= 15 is 0 Å². The van der Waals surface area contributed by atoms with Crippen LogP contribution in [0.1, 0.15) is 18.4 Å². The zero-order valence-electron chi connectivity index (χ0n) is 11.2. The third kappa shape index (κ3) is 3.10. The quantitative estimate of drug-likeness (QED) is 0.837. The first-order chi connectivity index (χ1) is 8.99. The molecule has 1 aromatic rings. The molecule has 0 saturated carbocycles. The predicted octanol–water partition coefficient (Wildman–Crippen LogP) is 2.02. The molecule has 0 unspecified atom stereocenters. The van der Waals surface area contributed by atoms with Crippen LogP contribution in [0.3, 0.4) is 0 Å². The van der Waals surface area contributed by atoms with Crippen molar-refractivity contribution in [2.45, 2.75) is 25.4 Å². The Labute approximate surface area is 111 Å². The Morgan fingerprint density at radius 3 is 2.68 bits per heavy atom. The van der Waals surface area contributed by atoms with Crippen LogP contribution >= 0.6 is 0 Å². The summed E-state index contributed by atoms with van der Waals surface area (Å²) in [7, 11) is 3.76. The van der Waals surface area contributed by atoms with E-state index in [0.717, 1.165) is 25.0 Å². The molecule has 1 aliphatic heterocycles. The second-order valence-corrected chi connectivity index (χ2v) is 5.13. The topological polar surface area (TPSA) is 23.6 Å². The normalized spacial score (nSPS) is 20.2. The van der Waals surface area contributed by atoms with E-state index in [1.165, 1.54) is 6.07 Å².